The molecule has 0 saturated carbocycles. The Balaban J connectivity index is 1.28. The highest BCUT2D eigenvalue weighted by Crippen LogP contribution is 2.30. The lowest BCUT2D eigenvalue weighted by Gasteiger charge is -2.07. The van der Waals surface area contributed by atoms with Crippen molar-refractivity contribution in [2.45, 2.75) is 12.8 Å². The van der Waals surface area contributed by atoms with Gasteiger partial charge in [-0.2, -0.15) is 0 Å². The van der Waals surface area contributed by atoms with Crippen molar-refractivity contribution in [3.63, 3.8) is 0 Å². The molecule has 0 radical (unpaired) electrons. The highest BCUT2D eigenvalue weighted by molar-refractivity contribution is 6.08. The molecule has 1 N–H and O–H groups in total. The van der Waals surface area contributed by atoms with Crippen LogP contribution in [0.3, 0.4) is 0 Å². The summed E-state index contributed by atoms with van der Waals surface area (Å²) in [7, 11) is 1.62. The molecule has 0 aliphatic carbocycles. The summed E-state index contributed by atoms with van der Waals surface area (Å²) in [4.78, 5) is 24.3. The second-order valence-electron chi connectivity index (χ2n) is 7.21. The highest BCUT2D eigenvalue weighted by atomic mass is 16.5. The quantitative estimate of drug-likeness (QED) is 0.438. The maximum absolute atomic E-state index is 12.3. The third-order valence-corrected chi connectivity index (χ3v) is 5.13. The molecule has 4 aromatic rings. The fourth-order valence-corrected chi connectivity index (χ4v) is 3.55. The zero-order chi connectivity index (χ0) is 21.6. The van der Waals surface area contributed by atoms with Crippen LogP contribution in [-0.2, 0) is 27.2 Å². The highest BCUT2D eigenvalue weighted by Gasteiger charge is 2.15. The summed E-state index contributed by atoms with van der Waals surface area (Å²) in [5.74, 6) is -0.0107. The Morgan fingerprint density at radius 1 is 1.00 bits per heavy atom. The molecule has 3 aromatic carbocycles. The lowest BCUT2D eigenvalue weighted by Crippen LogP contribution is -2.30. The van der Waals surface area contributed by atoms with Gasteiger partial charge in [-0.1, -0.05) is 42.5 Å². The Morgan fingerprint density at radius 3 is 2.61 bits per heavy atom. The van der Waals surface area contributed by atoms with Gasteiger partial charge >= 0.3 is 5.97 Å². The van der Waals surface area contributed by atoms with Crippen LogP contribution in [0.25, 0.3) is 21.7 Å². The number of hydrogen-bond acceptors (Lipinski definition) is 5. The molecule has 4 rings (SSSR count). The monoisotopic (exact) mass is 417 g/mol. The van der Waals surface area contributed by atoms with Gasteiger partial charge in [0.1, 0.15) is 11.3 Å². The minimum atomic E-state index is -0.471. The number of amides is 1. The molecule has 6 nitrogen and oxygen atoms in total. The van der Waals surface area contributed by atoms with Crippen LogP contribution < -0.4 is 10.1 Å². The summed E-state index contributed by atoms with van der Waals surface area (Å²) in [5.41, 5.74) is 2.55. The van der Waals surface area contributed by atoms with E-state index in [-0.39, 0.29) is 18.9 Å². The maximum atomic E-state index is 12.3. The molecule has 6 heteroatoms. The summed E-state index contributed by atoms with van der Waals surface area (Å²) in [6, 6.07) is 19.5. The second-order valence-corrected chi connectivity index (χ2v) is 7.21. The van der Waals surface area contributed by atoms with Crippen LogP contribution in [0.5, 0.6) is 5.75 Å². The van der Waals surface area contributed by atoms with Gasteiger partial charge in [0, 0.05) is 17.5 Å². The van der Waals surface area contributed by atoms with Crippen molar-refractivity contribution in [1.82, 2.24) is 5.32 Å². The van der Waals surface area contributed by atoms with Crippen LogP contribution in [0, 0.1) is 0 Å². The van der Waals surface area contributed by atoms with E-state index < -0.39 is 5.97 Å². The average Bonchev–Trinajstić information content (AvgIpc) is 3.21. The molecule has 0 fully saturated rings. The van der Waals surface area contributed by atoms with E-state index in [0.717, 1.165) is 38.6 Å². The first kappa shape index (κ1) is 20.5. The molecule has 1 amide bonds. The number of rotatable bonds is 8. The van der Waals surface area contributed by atoms with E-state index in [0.29, 0.717) is 13.0 Å². The van der Waals surface area contributed by atoms with Crippen molar-refractivity contribution < 1.29 is 23.5 Å². The van der Waals surface area contributed by atoms with E-state index in [4.69, 9.17) is 13.9 Å². The zero-order valence-electron chi connectivity index (χ0n) is 17.2. The zero-order valence-corrected chi connectivity index (χ0v) is 17.2. The van der Waals surface area contributed by atoms with E-state index in [1.807, 2.05) is 60.7 Å². The van der Waals surface area contributed by atoms with Crippen molar-refractivity contribution in [2.24, 2.45) is 0 Å². The molecule has 0 atom stereocenters. The molecule has 158 valence electrons. The Hall–Kier alpha value is -3.80. The average molecular weight is 417 g/mol. The standard InChI is InChI=1S/C25H23NO5/c1-29-20-9-6-17(7-10-20)12-13-26-23(27)16-31-24(28)14-19-15-30-22-11-8-18-4-2-3-5-21(18)25(19)22/h2-11,15H,12-14,16H2,1H3,(H,26,27). The number of carbonyl (C=O) groups is 2. The van der Waals surface area contributed by atoms with Crippen molar-refractivity contribution >= 4 is 33.6 Å². The third-order valence-electron chi connectivity index (χ3n) is 5.13. The van der Waals surface area contributed by atoms with Crippen molar-refractivity contribution in [2.75, 3.05) is 20.3 Å². The van der Waals surface area contributed by atoms with Crippen molar-refractivity contribution in [3.05, 3.63) is 78.1 Å². The van der Waals surface area contributed by atoms with Crippen LogP contribution in [0.1, 0.15) is 11.1 Å². The van der Waals surface area contributed by atoms with Crippen molar-refractivity contribution in [1.29, 1.82) is 0 Å². The van der Waals surface area contributed by atoms with Gasteiger partial charge in [-0.25, -0.2) is 0 Å². The first-order valence-electron chi connectivity index (χ1n) is 10.1. The lowest BCUT2D eigenvalue weighted by molar-refractivity contribution is -0.147. The predicted molar refractivity (Wildman–Crippen MR) is 118 cm³/mol. The summed E-state index contributed by atoms with van der Waals surface area (Å²) < 4.78 is 15.9. The van der Waals surface area contributed by atoms with E-state index in [9.17, 15) is 9.59 Å². The van der Waals surface area contributed by atoms with E-state index in [1.54, 1.807) is 13.4 Å². The molecule has 0 bridgehead atoms. The lowest BCUT2D eigenvalue weighted by atomic mass is 10.0. The number of fused-ring (bicyclic) bond motifs is 3. The molecular formula is C25H23NO5. The number of methoxy groups -OCH3 is 1. The molecule has 0 saturated heterocycles. The Morgan fingerprint density at radius 2 is 1.81 bits per heavy atom. The van der Waals surface area contributed by atoms with Gasteiger partial charge in [-0.05, 0) is 41.0 Å². The van der Waals surface area contributed by atoms with Crippen LogP contribution in [-0.4, -0.2) is 32.1 Å². The number of ether oxygens (including phenoxy) is 2. The number of benzene rings is 3. The molecule has 0 spiro atoms. The molecular weight excluding hydrogens is 394 g/mol. The van der Waals surface area contributed by atoms with Gasteiger partial charge in [0.15, 0.2) is 6.61 Å². The molecule has 0 unspecified atom stereocenters. The number of nitrogens with one attached hydrogen (secondary N) is 1. The van der Waals surface area contributed by atoms with Gasteiger partial charge < -0.3 is 19.2 Å². The summed E-state index contributed by atoms with van der Waals surface area (Å²) in [6.07, 6.45) is 2.30. The first-order valence-corrected chi connectivity index (χ1v) is 10.1. The summed E-state index contributed by atoms with van der Waals surface area (Å²) in [5, 5.41) is 5.76. The van der Waals surface area contributed by atoms with Gasteiger partial charge in [-0.3, -0.25) is 9.59 Å². The Bertz CT molecular complexity index is 1210. The SMILES string of the molecule is COc1ccc(CCNC(=O)COC(=O)Cc2coc3ccc4ccccc4c23)cc1. The fraction of sp³-hybridized carbons (Fsp3) is 0.200. The first-order chi connectivity index (χ1) is 15.1. The second kappa shape index (κ2) is 9.34. The van der Waals surface area contributed by atoms with Crippen LogP contribution in [0.15, 0.2) is 71.3 Å². The predicted octanol–water partition coefficient (Wildman–Crippen LogP) is 4.04. The van der Waals surface area contributed by atoms with Crippen molar-refractivity contribution in [3.8, 4) is 5.75 Å². The fourth-order valence-electron chi connectivity index (χ4n) is 3.55. The molecule has 0 aliphatic heterocycles. The van der Waals surface area contributed by atoms with Crippen LogP contribution in [0.4, 0.5) is 0 Å². The maximum Gasteiger partial charge on any atom is 0.310 e. The van der Waals surface area contributed by atoms with Gasteiger partial charge in [0.2, 0.25) is 0 Å². The minimum Gasteiger partial charge on any atom is -0.497 e. The minimum absolute atomic E-state index is 0.0418. The number of furan rings is 1. The molecule has 1 aromatic heterocycles. The van der Waals surface area contributed by atoms with E-state index in [2.05, 4.69) is 5.32 Å². The van der Waals surface area contributed by atoms with Crippen LogP contribution >= 0.6 is 0 Å². The summed E-state index contributed by atoms with van der Waals surface area (Å²) >= 11 is 0. The topological polar surface area (TPSA) is 77.8 Å². The third kappa shape index (κ3) is 4.86. The van der Waals surface area contributed by atoms with Gasteiger partial charge in [0.25, 0.3) is 5.91 Å². The van der Waals surface area contributed by atoms with Gasteiger partial charge in [-0.15, -0.1) is 0 Å². The summed E-state index contributed by atoms with van der Waals surface area (Å²) in [6.45, 7) is 0.152. The van der Waals surface area contributed by atoms with E-state index in [1.165, 1.54) is 0 Å². The number of hydrogen-bond donors (Lipinski definition) is 1. The number of esters is 1. The van der Waals surface area contributed by atoms with E-state index >= 15 is 0 Å². The Kier molecular flexibility index (Phi) is 6.17. The molecule has 0 aliphatic rings. The number of carbonyl (C=O) groups excluding carboxylic acids is 2. The van der Waals surface area contributed by atoms with Gasteiger partial charge in [0.05, 0.1) is 19.8 Å². The molecule has 31 heavy (non-hydrogen) atoms. The molecule has 1 heterocycles. The Labute approximate surface area is 179 Å². The smallest absolute Gasteiger partial charge is 0.310 e. The van der Waals surface area contributed by atoms with Crippen LogP contribution in [0.2, 0.25) is 0 Å². The normalized spacial score (nSPS) is 10.9. The largest absolute Gasteiger partial charge is 0.497 e.